The number of halogens is 1. The molecule has 100 valence electrons. The number of hydrogen-bond donors (Lipinski definition) is 1. The molecular weight excluding hydrogens is 258 g/mol. The highest BCUT2D eigenvalue weighted by molar-refractivity contribution is 6.32. The van der Waals surface area contributed by atoms with Crippen molar-refractivity contribution in [2.24, 2.45) is 0 Å². The van der Waals surface area contributed by atoms with E-state index in [0.29, 0.717) is 23.1 Å². The van der Waals surface area contributed by atoms with E-state index in [4.69, 9.17) is 22.1 Å². The number of rotatable bonds is 3. The van der Waals surface area contributed by atoms with Crippen molar-refractivity contribution in [2.45, 2.75) is 27.4 Å². The average Bonchev–Trinajstić information content (AvgIpc) is 2.32. The van der Waals surface area contributed by atoms with E-state index in [1.54, 1.807) is 18.2 Å². The predicted molar refractivity (Wildman–Crippen MR) is 80.8 cm³/mol. The van der Waals surface area contributed by atoms with Gasteiger partial charge < -0.3 is 10.5 Å². The van der Waals surface area contributed by atoms with Gasteiger partial charge in [0.2, 0.25) is 0 Å². The normalized spacial score (nSPS) is 10.5. The van der Waals surface area contributed by atoms with Gasteiger partial charge in [0.05, 0.1) is 5.02 Å². The van der Waals surface area contributed by atoms with Crippen LogP contribution in [0, 0.1) is 20.8 Å². The lowest BCUT2D eigenvalue weighted by Gasteiger charge is -2.13. The zero-order chi connectivity index (χ0) is 14.0. The van der Waals surface area contributed by atoms with E-state index in [1.165, 1.54) is 22.3 Å². The van der Waals surface area contributed by atoms with Gasteiger partial charge in [-0.2, -0.15) is 0 Å². The minimum atomic E-state index is 0.501. The summed E-state index contributed by atoms with van der Waals surface area (Å²) in [5, 5.41) is 0.580. The van der Waals surface area contributed by atoms with Gasteiger partial charge in [0.25, 0.3) is 0 Å². The number of ether oxygens (including phenoxy) is 1. The summed E-state index contributed by atoms with van der Waals surface area (Å²) in [6, 6.07) is 9.58. The van der Waals surface area contributed by atoms with Gasteiger partial charge in [-0.15, -0.1) is 0 Å². The molecular formula is C16H18ClNO. The molecule has 2 aromatic rings. The van der Waals surface area contributed by atoms with Gasteiger partial charge in [-0.25, -0.2) is 0 Å². The van der Waals surface area contributed by atoms with Crippen LogP contribution in [0.25, 0.3) is 0 Å². The van der Waals surface area contributed by atoms with Crippen molar-refractivity contribution in [2.75, 3.05) is 5.73 Å². The summed E-state index contributed by atoms with van der Waals surface area (Å²) in [6.45, 7) is 6.79. The summed E-state index contributed by atoms with van der Waals surface area (Å²) >= 11 is 6.09. The number of anilines is 1. The first-order chi connectivity index (χ1) is 8.97. The number of nitrogens with two attached hydrogens (primary N) is 1. The Morgan fingerprint density at radius 3 is 2.32 bits per heavy atom. The Bertz CT molecular complexity index is 585. The second-order valence-electron chi connectivity index (χ2n) is 4.86. The molecule has 0 aliphatic rings. The van der Waals surface area contributed by atoms with Gasteiger partial charge in [-0.3, -0.25) is 0 Å². The smallest absolute Gasteiger partial charge is 0.140 e. The Morgan fingerprint density at radius 1 is 1.05 bits per heavy atom. The molecule has 0 aromatic heterocycles. The maximum absolute atomic E-state index is 6.09. The van der Waals surface area contributed by atoms with Crippen LogP contribution in [0.3, 0.4) is 0 Å². The van der Waals surface area contributed by atoms with Crippen molar-refractivity contribution in [1.82, 2.24) is 0 Å². The van der Waals surface area contributed by atoms with Gasteiger partial charge in [0, 0.05) is 11.8 Å². The zero-order valence-electron chi connectivity index (χ0n) is 11.5. The van der Waals surface area contributed by atoms with E-state index in [1.807, 2.05) is 0 Å². The molecule has 0 bridgehead atoms. The quantitative estimate of drug-likeness (QED) is 0.841. The number of benzene rings is 2. The van der Waals surface area contributed by atoms with Crippen molar-refractivity contribution in [3.63, 3.8) is 0 Å². The van der Waals surface area contributed by atoms with Gasteiger partial charge in [-0.05, 0) is 49.6 Å². The van der Waals surface area contributed by atoms with Crippen molar-refractivity contribution >= 4 is 17.3 Å². The van der Waals surface area contributed by atoms with Crippen LogP contribution in [0.5, 0.6) is 5.75 Å². The van der Waals surface area contributed by atoms with E-state index >= 15 is 0 Å². The van der Waals surface area contributed by atoms with Gasteiger partial charge in [0.15, 0.2) is 0 Å². The monoisotopic (exact) mass is 275 g/mol. The molecule has 0 unspecified atom stereocenters. The lowest BCUT2D eigenvalue weighted by atomic mass is 10.0. The molecule has 0 amide bonds. The highest BCUT2D eigenvalue weighted by atomic mass is 35.5. The molecule has 0 saturated carbocycles. The fourth-order valence-electron chi connectivity index (χ4n) is 2.22. The van der Waals surface area contributed by atoms with Gasteiger partial charge >= 0.3 is 0 Å². The molecule has 0 fully saturated rings. The topological polar surface area (TPSA) is 35.2 Å². The maximum atomic E-state index is 6.09. The lowest BCUT2D eigenvalue weighted by Crippen LogP contribution is -2.02. The Morgan fingerprint density at radius 2 is 1.68 bits per heavy atom. The molecule has 2 N–H and O–H groups in total. The molecule has 0 radical (unpaired) electrons. The Hall–Kier alpha value is -1.67. The Labute approximate surface area is 119 Å². The molecule has 3 heteroatoms. The second kappa shape index (κ2) is 5.54. The van der Waals surface area contributed by atoms with Crippen molar-refractivity contribution in [3.05, 3.63) is 57.6 Å². The largest absolute Gasteiger partial charge is 0.487 e. The standard InChI is InChI=1S/C16H18ClNO/c1-10-6-11(2)14(12(3)7-10)9-19-16-8-13(18)4-5-15(16)17/h4-8H,9,18H2,1-3H3. The van der Waals surface area contributed by atoms with E-state index < -0.39 is 0 Å². The second-order valence-corrected chi connectivity index (χ2v) is 5.26. The maximum Gasteiger partial charge on any atom is 0.140 e. The van der Waals surface area contributed by atoms with Crippen molar-refractivity contribution in [1.29, 1.82) is 0 Å². The molecule has 2 nitrogen and oxygen atoms in total. The fraction of sp³-hybridized carbons (Fsp3) is 0.250. The summed E-state index contributed by atoms with van der Waals surface area (Å²) in [4.78, 5) is 0. The third kappa shape index (κ3) is 3.21. The van der Waals surface area contributed by atoms with Gasteiger partial charge in [0.1, 0.15) is 12.4 Å². The number of hydrogen-bond acceptors (Lipinski definition) is 2. The van der Waals surface area contributed by atoms with Gasteiger partial charge in [-0.1, -0.05) is 29.3 Å². The Balaban J connectivity index is 2.21. The van der Waals surface area contributed by atoms with Crippen LogP contribution >= 0.6 is 11.6 Å². The summed E-state index contributed by atoms with van der Waals surface area (Å²) in [7, 11) is 0. The SMILES string of the molecule is Cc1cc(C)c(COc2cc(N)ccc2Cl)c(C)c1. The van der Waals surface area contributed by atoms with E-state index in [9.17, 15) is 0 Å². The van der Waals surface area contributed by atoms with E-state index in [2.05, 4.69) is 32.9 Å². The molecule has 2 aromatic carbocycles. The minimum Gasteiger partial charge on any atom is -0.487 e. The molecule has 0 aliphatic heterocycles. The number of aryl methyl sites for hydroxylation is 3. The molecule has 0 aliphatic carbocycles. The molecule has 2 rings (SSSR count). The molecule has 0 spiro atoms. The average molecular weight is 276 g/mol. The molecule has 0 heterocycles. The van der Waals surface area contributed by atoms with Crippen LogP contribution in [0.1, 0.15) is 22.3 Å². The summed E-state index contributed by atoms with van der Waals surface area (Å²) < 4.78 is 5.79. The summed E-state index contributed by atoms with van der Waals surface area (Å²) in [5.74, 6) is 0.626. The van der Waals surface area contributed by atoms with Crippen LogP contribution in [0.2, 0.25) is 5.02 Å². The lowest BCUT2D eigenvalue weighted by molar-refractivity contribution is 0.305. The Kier molecular flexibility index (Phi) is 4.01. The molecule has 19 heavy (non-hydrogen) atoms. The zero-order valence-corrected chi connectivity index (χ0v) is 12.2. The first-order valence-corrected chi connectivity index (χ1v) is 6.59. The first kappa shape index (κ1) is 13.8. The van der Waals surface area contributed by atoms with E-state index in [-0.39, 0.29) is 0 Å². The molecule has 0 saturated heterocycles. The van der Waals surface area contributed by atoms with E-state index in [0.717, 1.165) is 0 Å². The third-order valence-electron chi connectivity index (χ3n) is 3.17. The third-order valence-corrected chi connectivity index (χ3v) is 3.48. The minimum absolute atomic E-state index is 0.501. The fourth-order valence-corrected chi connectivity index (χ4v) is 2.39. The molecule has 0 atom stereocenters. The summed E-state index contributed by atoms with van der Waals surface area (Å²) in [5.41, 5.74) is 11.3. The predicted octanol–water partition coefficient (Wildman–Crippen LogP) is 4.43. The highest BCUT2D eigenvalue weighted by Crippen LogP contribution is 2.28. The van der Waals surface area contributed by atoms with Crippen molar-refractivity contribution in [3.8, 4) is 5.75 Å². The summed E-state index contributed by atoms with van der Waals surface area (Å²) in [6.07, 6.45) is 0. The number of nitrogen functional groups attached to an aromatic ring is 1. The van der Waals surface area contributed by atoms with Crippen LogP contribution in [0.15, 0.2) is 30.3 Å². The van der Waals surface area contributed by atoms with Crippen LogP contribution in [-0.2, 0) is 6.61 Å². The van der Waals surface area contributed by atoms with Crippen molar-refractivity contribution < 1.29 is 4.74 Å². The van der Waals surface area contributed by atoms with Crippen LogP contribution in [0.4, 0.5) is 5.69 Å². The van der Waals surface area contributed by atoms with Crippen LogP contribution < -0.4 is 10.5 Å². The highest BCUT2D eigenvalue weighted by Gasteiger charge is 2.07. The first-order valence-electron chi connectivity index (χ1n) is 6.22. The van der Waals surface area contributed by atoms with Crippen LogP contribution in [-0.4, -0.2) is 0 Å².